The number of aromatic nitrogens is 1. The van der Waals surface area contributed by atoms with Crippen molar-refractivity contribution in [2.75, 3.05) is 24.5 Å². The van der Waals surface area contributed by atoms with Gasteiger partial charge in [-0.25, -0.2) is 0 Å². The van der Waals surface area contributed by atoms with Crippen LogP contribution in [0, 0.1) is 0 Å². The van der Waals surface area contributed by atoms with Gasteiger partial charge < -0.3 is 10.2 Å². The van der Waals surface area contributed by atoms with Crippen LogP contribution in [0.15, 0.2) is 54.9 Å². The second kappa shape index (κ2) is 5.19. The Morgan fingerprint density at radius 1 is 1.11 bits per heavy atom. The van der Waals surface area contributed by atoms with E-state index in [1.54, 1.807) is 0 Å². The highest BCUT2D eigenvalue weighted by molar-refractivity contribution is 5.49. The fraction of sp³-hybridized carbons (Fsp3) is 0.267. The Morgan fingerprint density at radius 3 is 2.78 bits per heavy atom. The van der Waals surface area contributed by atoms with E-state index in [1.165, 1.54) is 11.3 Å². The first-order valence-electron chi connectivity index (χ1n) is 6.37. The van der Waals surface area contributed by atoms with Gasteiger partial charge in [0.25, 0.3) is 0 Å². The maximum atomic E-state index is 4.23. The Bertz CT molecular complexity index is 436. The zero-order valence-corrected chi connectivity index (χ0v) is 10.3. The van der Waals surface area contributed by atoms with Crippen LogP contribution < -0.4 is 10.2 Å². The van der Waals surface area contributed by atoms with Gasteiger partial charge in [0.1, 0.15) is 0 Å². The van der Waals surface area contributed by atoms with Crippen LogP contribution in [0.25, 0.3) is 0 Å². The van der Waals surface area contributed by atoms with E-state index < -0.39 is 0 Å². The average molecular weight is 239 g/mol. The molecule has 3 rings (SSSR count). The minimum absolute atomic E-state index is 0.370. The average Bonchev–Trinajstić information content (AvgIpc) is 2.49. The lowest BCUT2D eigenvalue weighted by Gasteiger charge is -2.38. The Hall–Kier alpha value is -1.87. The number of piperazine rings is 1. The lowest BCUT2D eigenvalue weighted by Crippen LogP contribution is -2.46. The smallest absolute Gasteiger partial charge is 0.0682 e. The summed E-state index contributed by atoms with van der Waals surface area (Å²) in [6.07, 6.45) is 3.79. The summed E-state index contributed by atoms with van der Waals surface area (Å²) in [4.78, 5) is 6.69. The molecule has 3 nitrogen and oxygen atoms in total. The summed E-state index contributed by atoms with van der Waals surface area (Å²) in [5, 5.41) is 3.46. The molecule has 92 valence electrons. The standard InChI is InChI=1S/C15H17N3/c1-2-6-14(7-3-1)18-10-9-17-12-15(18)13-5-4-8-16-11-13/h1-8,11,15,17H,9-10,12H2. The molecule has 0 amide bonds. The van der Waals surface area contributed by atoms with Gasteiger partial charge in [0.2, 0.25) is 0 Å². The Kier molecular flexibility index (Phi) is 3.24. The Labute approximate surface area is 107 Å². The number of hydrogen-bond acceptors (Lipinski definition) is 3. The van der Waals surface area contributed by atoms with Gasteiger partial charge in [0.15, 0.2) is 0 Å². The van der Waals surface area contributed by atoms with Crippen LogP contribution in [0.1, 0.15) is 11.6 Å². The van der Waals surface area contributed by atoms with E-state index in [0.717, 1.165) is 19.6 Å². The monoisotopic (exact) mass is 239 g/mol. The van der Waals surface area contributed by atoms with Crippen molar-refractivity contribution in [1.29, 1.82) is 0 Å². The number of hydrogen-bond donors (Lipinski definition) is 1. The second-order valence-electron chi connectivity index (χ2n) is 4.54. The van der Waals surface area contributed by atoms with Crippen LogP contribution in [0.3, 0.4) is 0 Å². The van der Waals surface area contributed by atoms with Gasteiger partial charge in [-0.2, -0.15) is 0 Å². The molecule has 0 spiro atoms. The van der Waals surface area contributed by atoms with E-state index >= 15 is 0 Å². The minimum atomic E-state index is 0.370. The van der Waals surface area contributed by atoms with E-state index in [2.05, 4.69) is 51.6 Å². The molecular formula is C15H17N3. The van der Waals surface area contributed by atoms with Crippen molar-refractivity contribution >= 4 is 5.69 Å². The molecule has 3 heteroatoms. The molecule has 18 heavy (non-hydrogen) atoms. The fourth-order valence-corrected chi connectivity index (χ4v) is 2.50. The number of para-hydroxylation sites is 1. The van der Waals surface area contributed by atoms with E-state index in [0.29, 0.717) is 6.04 Å². The molecule has 0 bridgehead atoms. The topological polar surface area (TPSA) is 28.2 Å². The number of nitrogens with one attached hydrogen (secondary N) is 1. The van der Waals surface area contributed by atoms with Gasteiger partial charge >= 0.3 is 0 Å². The maximum absolute atomic E-state index is 4.23. The SMILES string of the molecule is c1ccc(N2CCNCC2c2cccnc2)cc1. The highest BCUT2D eigenvalue weighted by Gasteiger charge is 2.23. The summed E-state index contributed by atoms with van der Waals surface area (Å²) in [5.74, 6) is 0. The Morgan fingerprint density at radius 2 is 2.00 bits per heavy atom. The molecule has 1 saturated heterocycles. The van der Waals surface area contributed by atoms with Crippen molar-refractivity contribution in [2.24, 2.45) is 0 Å². The van der Waals surface area contributed by atoms with E-state index in [4.69, 9.17) is 0 Å². The molecular weight excluding hydrogens is 222 g/mol. The first kappa shape index (κ1) is 11.2. The molecule has 0 radical (unpaired) electrons. The van der Waals surface area contributed by atoms with Crippen molar-refractivity contribution in [3.8, 4) is 0 Å². The maximum Gasteiger partial charge on any atom is 0.0682 e. The highest BCUT2D eigenvalue weighted by atomic mass is 15.2. The number of anilines is 1. The molecule has 1 fully saturated rings. The van der Waals surface area contributed by atoms with E-state index in [1.807, 2.05) is 18.5 Å². The molecule has 2 heterocycles. The van der Waals surface area contributed by atoms with Crippen LogP contribution in [-0.4, -0.2) is 24.6 Å². The molecule has 0 saturated carbocycles. The molecule has 1 atom stereocenters. The van der Waals surface area contributed by atoms with Crippen molar-refractivity contribution in [2.45, 2.75) is 6.04 Å². The summed E-state index contributed by atoms with van der Waals surface area (Å²) >= 11 is 0. The van der Waals surface area contributed by atoms with Crippen LogP contribution in [0.5, 0.6) is 0 Å². The van der Waals surface area contributed by atoms with Gasteiger partial charge in [-0.05, 0) is 23.8 Å². The quantitative estimate of drug-likeness (QED) is 0.871. The predicted molar refractivity (Wildman–Crippen MR) is 73.6 cm³/mol. The molecule has 1 aromatic heterocycles. The first-order valence-corrected chi connectivity index (χ1v) is 6.37. The van der Waals surface area contributed by atoms with E-state index in [9.17, 15) is 0 Å². The third kappa shape index (κ3) is 2.22. The number of nitrogens with zero attached hydrogens (tertiary/aromatic N) is 2. The van der Waals surface area contributed by atoms with Gasteiger partial charge in [-0.3, -0.25) is 4.98 Å². The number of benzene rings is 1. The largest absolute Gasteiger partial charge is 0.362 e. The molecule has 1 aliphatic heterocycles. The van der Waals surface area contributed by atoms with Crippen molar-refractivity contribution in [3.05, 3.63) is 60.4 Å². The summed E-state index contributed by atoms with van der Waals surface area (Å²) in [6, 6.07) is 15.1. The lowest BCUT2D eigenvalue weighted by molar-refractivity contribution is 0.489. The molecule has 1 unspecified atom stereocenters. The van der Waals surface area contributed by atoms with Crippen LogP contribution in [0.2, 0.25) is 0 Å². The number of rotatable bonds is 2. The van der Waals surface area contributed by atoms with Crippen LogP contribution in [-0.2, 0) is 0 Å². The van der Waals surface area contributed by atoms with Crippen molar-refractivity contribution < 1.29 is 0 Å². The lowest BCUT2D eigenvalue weighted by atomic mass is 10.0. The molecule has 1 N–H and O–H groups in total. The van der Waals surface area contributed by atoms with Gasteiger partial charge in [-0.1, -0.05) is 24.3 Å². The molecule has 1 aromatic carbocycles. The number of pyridine rings is 1. The molecule has 0 aliphatic carbocycles. The normalized spacial score (nSPS) is 19.8. The van der Waals surface area contributed by atoms with Gasteiger partial charge in [0, 0.05) is 37.7 Å². The summed E-state index contributed by atoms with van der Waals surface area (Å²) in [5.41, 5.74) is 2.56. The zero-order valence-electron chi connectivity index (χ0n) is 10.3. The fourth-order valence-electron chi connectivity index (χ4n) is 2.50. The van der Waals surface area contributed by atoms with Crippen molar-refractivity contribution in [1.82, 2.24) is 10.3 Å². The Balaban J connectivity index is 1.92. The van der Waals surface area contributed by atoms with E-state index in [-0.39, 0.29) is 0 Å². The van der Waals surface area contributed by atoms with Crippen molar-refractivity contribution in [3.63, 3.8) is 0 Å². The summed E-state index contributed by atoms with van der Waals surface area (Å²) in [7, 11) is 0. The zero-order chi connectivity index (χ0) is 12.2. The molecule has 2 aromatic rings. The van der Waals surface area contributed by atoms with Gasteiger partial charge in [0.05, 0.1) is 6.04 Å². The third-order valence-electron chi connectivity index (χ3n) is 3.40. The molecule has 1 aliphatic rings. The van der Waals surface area contributed by atoms with Crippen LogP contribution >= 0.6 is 0 Å². The minimum Gasteiger partial charge on any atom is -0.362 e. The second-order valence-corrected chi connectivity index (χ2v) is 4.54. The summed E-state index contributed by atoms with van der Waals surface area (Å²) in [6.45, 7) is 3.04. The third-order valence-corrected chi connectivity index (χ3v) is 3.40. The predicted octanol–water partition coefficient (Wildman–Crippen LogP) is 2.23. The first-order chi connectivity index (χ1) is 8.95. The summed E-state index contributed by atoms with van der Waals surface area (Å²) < 4.78 is 0. The van der Waals surface area contributed by atoms with Crippen LogP contribution in [0.4, 0.5) is 5.69 Å². The van der Waals surface area contributed by atoms with Gasteiger partial charge in [-0.15, -0.1) is 0 Å². The highest BCUT2D eigenvalue weighted by Crippen LogP contribution is 2.27.